The van der Waals surface area contributed by atoms with Gasteiger partial charge >= 0.3 is 0 Å². The molecule has 0 aliphatic heterocycles. The van der Waals surface area contributed by atoms with Gasteiger partial charge in [0.15, 0.2) is 5.96 Å². The maximum Gasteiger partial charge on any atom is 0.215 e. The number of hydrogen-bond acceptors (Lipinski definition) is 3. The summed E-state index contributed by atoms with van der Waals surface area (Å²) in [5, 5.41) is 6.53. The topological polar surface area (TPSA) is 87.5 Å². The average molecular weight is 505 g/mol. The molecule has 0 atom stereocenters. The number of halogens is 1. The van der Waals surface area contributed by atoms with Crippen LogP contribution in [0.1, 0.15) is 18.1 Å². The highest BCUT2D eigenvalue weighted by molar-refractivity contribution is 14.0. The lowest BCUT2D eigenvalue weighted by Gasteiger charge is -2.12. The second-order valence-corrected chi connectivity index (χ2v) is 7.75. The molecule has 2 aromatic rings. The Morgan fingerprint density at radius 2 is 1.70 bits per heavy atom. The van der Waals surface area contributed by atoms with E-state index in [0.29, 0.717) is 6.54 Å². The summed E-state index contributed by atoms with van der Waals surface area (Å²) >= 11 is 0. The zero-order valence-corrected chi connectivity index (χ0v) is 18.8. The molecule has 0 spiro atoms. The van der Waals surface area contributed by atoms with Gasteiger partial charge < -0.3 is 15.2 Å². The van der Waals surface area contributed by atoms with E-state index in [9.17, 15) is 8.42 Å². The van der Waals surface area contributed by atoms with Crippen LogP contribution in [-0.2, 0) is 28.9 Å². The van der Waals surface area contributed by atoms with Gasteiger partial charge in [-0.3, -0.25) is 0 Å². The Hall–Kier alpha value is -1.59. The molecule has 7 nitrogen and oxygen atoms in total. The van der Waals surface area contributed by atoms with Gasteiger partial charge in [0.05, 0.1) is 12.3 Å². The number of guanidine groups is 1. The first kappa shape index (κ1) is 23.4. The summed E-state index contributed by atoms with van der Waals surface area (Å²) in [6.07, 6.45) is 4.06. The first-order valence-corrected chi connectivity index (χ1v) is 10.3. The summed E-state index contributed by atoms with van der Waals surface area (Å²) in [6, 6.07) is 11.5. The molecule has 150 valence electrons. The van der Waals surface area contributed by atoms with Gasteiger partial charge in [-0.2, -0.15) is 0 Å². The maximum absolute atomic E-state index is 11.6. The fourth-order valence-corrected chi connectivity index (χ4v) is 3.14. The van der Waals surface area contributed by atoms with Crippen molar-refractivity contribution in [3.8, 4) is 0 Å². The Labute approximate surface area is 178 Å². The molecule has 0 saturated carbocycles. The predicted molar refractivity (Wildman–Crippen MR) is 121 cm³/mol. The highest BCUT2D eigenvalue weighted by Crippen LogP contribution is 2.08. The van der Waals surface area contributed by atoms with Crippen LogP contribution in [0.5, 0.6) is 0 Å². The van der Waals surface area contributed by atoms with Crippen LogP contribution in [0.15, 0.2) is 53.8 Å². The van der Waals surface area contributed by atoms with Crippen molar-refractivity contribution in [3.63, 3.8) is 0 Å². The Kier molecular flexibility index (Phi) is 10.4. The Morgan fingerprint density at radius 3 is 2.30 bits per heavy atom. The Balaban J connectivity index is 0.00000364. The smallest absolute Gasteiger partial charge is 0.215 e. The lowest BCUT2D eigenvalue weighted by Crippen LogP contribution is -2.38. The van der Waals surface area contributed by atoms with Crippen molar-refractivity contribution in [2.75, 3.05) is 20.1 Å². The van der Waals surface area contributed by atoms with Crippen molar-refractivity contribution in [1.82, 2.24) is 19.9 Å². The van der Waals surface area contributed by atoms with Crippen LogP contribution in [-0.4, -0.2) is 39.1 Å². The van der Waals surface area contributed by atoms with Crippen molar-refractivity contribution < 1.29 is 8.42 Å². The minimum atomic E-state index is -3.25. The summed E-state index contributed by atoms with van der Waals surface area (Å²) in [5.41, 5.74) is 1.78. The summed E-state index contributed by atoms with van der Waals surface area (Å²) < 4.78 is 27.6. The first-order valence-electron chi connectivity index (χ1n) is 8.64. The van der Waals surface area contributed by atoms with Crippen molar-refractivity contribution in [3.05, 3.63) is 59.9 Å². The van der Waals surface area contributed by atoms with E-state index >= 15 is 0 Å². The molecule has 1 aromatic heterocycles. The number of nitrogens with zero attached hydrogens (tertiary/aromatic N) is 2. The largest absolute Gasteiger partial charge is 0.357 e. The minimum absolute atomic E-state index is 0. The number of sulfonamides is 1. The van der Waals surface area contributed by atoms with Crippen molar-refractivity contribution in [2.24, 2.45) is 4.99 Å². The average Bonchev–Trinajstić information content (AvgIpc) is 3.14. The number of aromatic nitrogens is 1. The number of rotatable bonds is 9. The second-order valence-electron chi connectivity index (χ2n) is 5.82. The van der Waals surface area contributed by atoms with E-state index in [1.807, 2.05) is 55.7 Å². The number of nitrogens with one attached hydrogen (secondary N) is 3. The molecular weight excluding hydrogens is 477 g/mol. The van der Waals surface area contributed by atoms with Crippen LogP contribution in [0, 0.1) is 0 Å². The van der Waals surface area contributed by atoms with Crippen molar-refractivity contribution in [1.29, 1.82) is 0 Å². The van der Waals surface area contributed by atoms with Crippen molar-refractivity contribution in [2.45, 2.75) is 25.8 Å². The maximum atomic E-state index is 11.6. The van der Waals surface area contributed by atoms with Gasteiger partial charge in [0.1, 0.15) is 0 Å². The van der Waals surface area contributed by atoms with E-state index in [-0.39, 0.29) is 29.7 Å². The molecule has 1 aromatic carbocycles. The molecule has 0 amide bonds. The van der Waals surface area contributed by atoms with E-state index in [4.69, 9.17) is 0 Å². The van der Waals surface area contributed by atoms with Gasteiger partial charge in [-0.25, -0.2) is 18.1 Å². The SMILES string of the molecule is CCNC(=NCc1ccc(CS(=O)(=O)NC)cc1)NCCn1cccc1.I. The molecule has 0 bridgehead atoms. The van der Waals surface area contributed by atoms with Crippen molar-refractivity contribution >= 4 is 40.0 Å². The van der Waals surface area contributed by atoms with Gasteiger partial charge in [-0.05, 0) is 37.2 Å². The molecule has 3 N–H and O–H groups in total. The molecule has 0 radical (unpaired) electrons. The molecule has 0 fully saturated rings. The van der Waals surface area contributed by atoms with Gasteiger partial charge in [-0.15, -0.1) is 24.0 Å². The Bertz CT molecular complexity index is 790. The molecule has 0 unspecified atom stereocenters. The van der Waals surface area contributed by atoms with Gasteiger partial charge in [-0.1, -0.05) is 24.3 Å². The van der Waals surface area contributed by atoms with E-state index < -0.39 is 10.0 Å². The van der Waals surface area contributed by atoms with E-state index in [1.54, 1.807) is 0 Å². The van der Waals surface area contributed by atoms with E-state index in [1.165, 1.54) is 7.05 Å². The quantitative estimate of drug-likeness (QED) is 0.276. The first-order chi connectivity index (χ1) is 12.5. The van der Waals surface area contributed by atoms with Crippen LogP contribution >= 0.6 is 24.0 Å². The molecule has 27 heavy (non-hydrogen) atoms. The van der Waals surface area contributed by atoms with Crippen LogP contribution in [0.2, 0.25) is 0 Å². The standard InChI is InChI=1S/C18H27N5O2S.HI/c1-3-20-18(21-10-13-23-11-4-5-12-23)22-14-16-6-8-17(9-7-16)15-26(24,25)19-2;/h4-9,11-12,19H,3,10,13-15H2,1-2H3,(H2,20,21,22);1H. The molecule has 0 aliphatic rings. The minimum Gasteiger partial charge on any atom is -0.357 e. The monoisotopic (exact) mass is 505 g/mol. The second kappa shape index (κ2) is 12.0. The number of benzene rings is 1. The highest BCUT2D eigenvalue weighted by atomic mass is 127. The molecule has 0 saturated heterocycles. The summed E-state index contributed by atoms with van der Waals surface area (Å²) in [4.78, 5) is 4.58. The Morgan fingerprint density at radius 1 is 1.07 bits per heavy atom. The van der Waals surface area contributed by atoms with Gasteiger partial charge in [0.25, 0.3) is 0 Å². The lowest BCUT2D eigenvalue weighted by atomic mass is 10.1. The third kappa shape index (κ3) is 8.76. The van der Waals surface area contributed by atoms with Gasteiger partial charge in [0.2, 0.25) is 10.0 Å². The zero-order valence-electron chi connectivity index (χ0n) is 15.7. The van der Waals surface area contributed by atoms with Crippen LogP contribution in [0.3, 0.4) is 0 Å². The fraction of sp³-hybridized carbons (Fsp3) is 0.389. The normalized spacial score (nSPS) is 11.7. The van der Waals surface area contributed by atoms with Crippen LogP contribution in [0.4, 0.5) is 0 Å². The van der Waals surface area contributed by atoms with Crippen LogP contribution < -0.4 is 15.4 Å². The molecule has 0 aliphatic carbocycles. The van der Waals surface area contributed by atoms with E-state index in [2.05, 4.69) is 24.9 Å². The third-order valence-electron chi connectivity index (χ3n) is 3.78. The third-order valence-corrected chi connectivity index (χ3v) is 5.12. The van der Waals surface area contributed by atoms with Crippen LogP contribution in [0.25, 0.3) is 0 Å². The number of aliphatic imine (C=N–C) groups is 1. The predicted octanol–water partition coefficient (Wildman–Crippen LogP) is 1.91. The molecule has 9 heteroatoms. The van der Waals surface area contributed by atoms with Gasteiger partial charge in [0, 0.05) is 32.0 Å². The summed E-state index contributed by atoms with van der Waals surface area (Å²) in [7, 11) is -1.83. The zero-order chi connectivity index (χ0) is 18.8. The number of hydrogen-bond donors (Lipinski definition) is 3. The lowest BCUT2D eigenvalue weighted by molar-refractivity contribution is 0.587. The summed E-state index contributed by atoms with van der Waals surface area (Å²) in [6.45, 7) is 4.99. The van der Waals surface area contributed by atoms with E-state index in [0.717, 1.165) is 36.7 Å². The molecule has 2 rings (SSSR count). The molecular formula is C18H28IN5O2S. The highest BCUT2D eigenvalue weighted by Gasteiger charge is 2.08. The fourth-order valence-electron chi connectivity index (χ4n) is 2.37. The summed E-state index contributed by atoms with van der Waals surface area (Å²) in [5.74, 6) is 0.748. The molecule has 1 heterocycles.